The number of carbonyl (C=O) groups is 1. The van der Waals surface area contributed by atoms with Gasteiger partial charge in [0.15, 0.2) is 0 Å². The lowest BCUT2D eigenvalue weighted by Crippen LogP contribution is -2.43. The van der Waals surface area contributed by atoms with Gasteiger partial charge in [0.1, 0.15) is 0 Å². The lowest BCUT2D eigenvalue weighted by Gasteiger charge is -2.34. The number of piperidine rings is 1. The average molecular weight is 376 g/mol. The third kappa shape index (κ3) is 4.05. The highest BCUT2D eigenvalue weighted by molar-refractivity contribution is 9.10. The summed E-state index contributed by atoms with van der Waals surface area (Å²) in [6, 6.07) is 6.39. The summed E-state index contributed by atoms with van der Waals surface area (Å²) in [4.78, 5) is 11.0. The second-order valence-electron chi connectivity index (χ2n) is 5.16. The van der Waals surface area contributed by atoms with E-state index in [1.807, 2.05) is 0 Å². The topological polar surface area (TPSA) is 74.7 Å². The smallest absolute Gasteiger partial charge is 0.303 e. The summed E-state index contributed by atoms with van der Waals surface area (Å²) in [5.74, 6) is -0.889. The number of benzene rings is 1. The maximum atomic E-state index is 12.8. The van der Waals surface area contributed by atoms with Crippen molar-refractivity contribution in [3.63, 3.8) is 0 Å². The molecule has 1 heterocycles. The number of nitrogens with zero attached hydrogens (tertiary/aromatic N) is 1. The van der Waals surface area contributed by atoms with Gasteiger partial charge in [0.05, 0.1) is 4.90 Å². The monoisotopic (exact) mass is 375 g/mol. The van der Waals surface area contributed by atoms with E-state index in [2.05, 4.69) is 15.9 Å². The fourth-order valence-corrected chi connectivity index (χ4v) is 4.95. The Balaban J connectivity index is 2.25. The molecule has 116 valence electrons. The molecule has 1 aromatic rings. The van der Waals surface area contributed by atoms with Gasteiger partial charge in [-0.2, -0.15) is 4.31 Å². The van der Waals surface area contributed by atoms with Crippen molar-refractivity contribution >= 4 is 31.9 Å². The molecule has 1 aromatic carbocycles. The minimum Gasteiger partial charge on any atom is -0.481 e. The van der Waals surface area contributed by atoms with E-state index in [-0.39, 0.29) is 17.4 Å². The van der Waals surface area contributed by atoms with Crippen molar-refractivity contribution in [1.29, 1.82) is 0 Å². The molecule has 1 aliphatic rings. The molecule has 1 fully saturated rings. The molecule has 2 rings (SSSR count). The lowest BCUT2D eigenvalue weighted by atomic mass is 10.0. The van der Waals surface area contributed by atoms with Gasteiger partial charge in [-0.15, -0.1) is 0 Å². The Labute approximate surface area is 133 Å². The standard InChI is InChI=1S/C14H18BrNO4S/c15-11-4-3-6-13(10-11)21(19,20)16-9-2-1-5-12(16)7-8-14(17)18/h3-4,6,10,12H,1-2,5,7-9H2,(H,17,18). The molecular formula is C14H18BrNO4S. The molecule has 21 heavy (non-hydrogen) atoms. The summed E-state index contributed by atoms with van der Waals surface area (Å²) >= 11 is 3.28. The van der Waals surface area contributed by atoms with E-state index < -0.39 is 16.0 Å². The highest BCUT2D eigenvalue weighted by atomic mass is 79.9. The van der Waals surface area contributed by atoms with E-state index in [0.29, 0.717) is 17.4 Å². The maximum Gasteiger partial charge on any atom is 0.303 e. The highest BCUT2D eigenvalue weighted by Crippen LogP contribution is 2.28. The molecule has 0 saturated carbocycles. The number of hydrogen-bond donors (Lipinski definition) is 1. The first-order valence-electron chi connectivity index (χ1n) is 6.90. The maximum absolute atomic E-state index is 12.8. The predicted octanol–water partition coefficient (Wildman–Crippen LogP) is 2.86. The number of halogens is 1. The zero-order valence-corrected chi connectivity index (χ0v) is 13.9. The number of hydrogen-bond acceptors (Lipinski definition) is 3. The summed E-state index contributed by atoms with van der Waals surface area (Å²) in [7, 11) is -3.57. The highest BCUT2D eigenvalue weighted by Gasteiger charge is 2.33. The molecule has 1 aliphatic heterocycles. The first-order chi connectivity index (χ1) is 9.91. The van der Waals surface area contributed by atoms with Gasteiger partial charge in [0.2, 0.25) is 10.0 Å². The Morgan fingerprint density at radius 2 is 2.14 bits per heavy atom. The fourth-order valence-electron chi connectivity index (χ4n) is 2.63. The molecule has 0 aromatic heterocycles. The van der Waals surface area contributed by atoms with Crippen LogP contribution < -0.4 is 0 Å². The molecule has 0 aliphatic carbocycles. The predicted molar refractivity (Wildman–Crippen MR) is 82.5 cm³/mol. The number of rotatable bonds is 5. The van der Waals surface area contributed by atoms with Gasteiger partial charge in [-0.25, -0.2) is 8.42 Å². The van der Waals surface area contributed by atoms with E-state index >= 15 is 0 Å². The second kappa shape index (κ2) is 6.89. The number of carboxylic acid groups (broad SMARTS) is 1. The van der Waals surface area contributed by atoms with Gasteiger partial charge >= 0.3 is 5.97 Å². The lowest BCUT2D eigenvalue weighted by molar-refractivity contribution is -0.137. The summed E-state index contributed by atoms with van der Waals surface area (Å²) in [5, 5.41) is 8.81. The molecule has 1 atom stereocenters. The van der Waals surface area contributed by atoms with Crippen molar-refractivity contribution in [2.75, 3.05) is 6.54 Å². The average Bonchev–Trinajstić information content (AvgIpc) is 2.45. The van der Waals surface area contributed by atoms with E-state index in [9.17, 15) is 13.2 Å². The van der Waals surface area contributed by atoms with E-state index in [1.165, 1.54) is 4.31 Å². The van der Waals surface area contributed by atoms with Crippen molar-refractivity contribution in [2.45, 2.75) is 43.0 Å². The first kappa shape index (κ1) is 16.5. The van der Waals surface area contributed by atoms with Gasteiger partial charge in [-0.1, -0.05) is 28.4 Å². The minimum atomic E-state index is -3.57. The summed E-state index contributed by atoms with van der Waals surface area (Å²) in [6.07, 6.45) is 2.84. The Bertz CT molecular complexity index is 617. The molecule has 0 amide bonds. The molecule has 7 heteroatoms. The van der Waals surface area contributed by atoms with Gasteiger partial charge in [-0.05, 0) is 37.5 Å². The van der Waals surface area contributed by atoms with Crippen LogP contribution in [0.4, 0.5) is 0 Å². The molecule has 1 N–H and O–H groups in total. The molecule has 5 nitrogen and oxygen atoms in total. The van der Waals surface area contributed by atoms with E-state index in [1.54, 1.807) is 24.3 Å². The molecule has 1 saturated heterocycles. The normalized spacial score (nSPS) is 20.3. The Kier molecular flexibility index (Phi) is 5.40. The van der Waals surface area contributed by atoms with E-state index in [4.69, 9.17) is 5.11 Å². The van der Waals surface area contributed by atoms with Crippen molar-refractivity contribution in [3.05, 3.63) is 28.7 Å². The van der Waals surface area contributed by atoms with Crippen LogP contribution in [-0.4, -0.2) is 36.4 Å². The van der Waals surface area contributed by atoms with Crippen molar-refractivity contribution in [1.82, 2.24) is 4.31 Å². The molecular weight excluding hydrogens is 358 g/mol. The Morgan fingerprint density at radius 3 is 2.81 bits per heavy atom. The molecule has 0 radical (unpaired) electrons. The van der Waals surface area contributed by atoms with Gasteiger partial charge in [-0.3, -0.25) is 4.79 Å². The van der Waals surface area contributed by atoms with Gasteiger partial charge < -0.3 is 5.11 Å². The molecule has 1 unspecified atom stereocenters. The summed E-state index contributed by atoms with van der Waals surface area (Å²) in [5.41, 5.74) is 0. The van der Waals surface area contributed by atoms with Crippen LogP contribution in [-0.2, 0) is 14.8 Å². The molecule has 0 spiro atoms. The van der Waals surface area contributed by atoms with Gasteiger partial charge in [0.25, 0.3) is 0 Å². The number of carboxylic acids is 1. The largest absolute Gasteiger partial charge is 0.481 e. The Morgan fingerprint density at radius 1 is 1.38 bits per heavy atom. The van der Waals surface area contributed by atoms with Crippen LogP contribution in [0, 0.1) is 0 Å². The van der Waals surface area contributed by atoms with Crippen LogP contribution in [0.3, 0.4) is 0 Å². The second-order valence-corrected chi connectivity index (χ2v) is 7.96. The van der Waals surface area contributed by atoms with Crippen molar-refractivity contribution in [3.8, 4) is 0 Å². The number of sulfonamides is 1. The van der Waals surface area contributed by atoms with Crippen LogP contribution in [0.25, 0.3) is 0 Å². The zero-order chi connectivity index (χ0) is 15.5. The summed E-state index contributed by atoms with van der Waals surface area (Å²) < 4.78 is 27.7. The van der Waals surface area contributed by atoms with E-state index in [0.717, 1.165) is 19.3 Å². The fraction of sp³-hybridized carbons (Fsp3) is 0.500. The summed E-state index contributed by atoms with van der Waals surface area (Å²) in [6.45, 7) is 0.457. The SMILES string of the molecule is O=C(O)CCC1CCCCN1S(=O)(=O)c1cccc(Br)c1. The van der Waals surface area contributed by atoms with Crippen LogP contribution in [0.2, 0.25) is 0 Å². The third-order valence-corrected chi connectivity index (χ3v) is 6.11. The first-order valence-corrected chi connectivity index (χ1v) is 9.14. The minimum absolute atomic E-state index is 0.00479. The van der Waals surface area contributed by atoms with Crippen LogP contribution in [0.5, 0.6) is 0 Å². The van der Waals surface area contributed by atoms with Crippen LogP contribution >= 0.6 is 15.9 Å². The third-order valence-electron chi connectivity index (χ3n) is 3.67. The molecule has 0 bridgehead atoms. The van der Waals surface area contributed by atoms with Crippen LogP contribution in [0.1, 0.15) is 32.1 Å². The van der Waals surface area contributed by atoms with Crippen molar-refractivity contribution in [2.24, 2.45) is 0 Å². The van der Waals surface area contributed by atoms with Gasteiger partial charge in [0, 0.05) is 23.5 Å². The van der Waals surface area contributed by atoms with Crippen molar-refractivity contribution < 1.29 is 18.3 Å². The quantitative estimate of drug-likeness (QED) is 0.858. The number of aliphatic carboxylic acids is 1. The Hall–Kier alpha value is -0.920. The zero-order valence-electron chi connectivity index (χ0n) is 11.5. The van der Waals surface area contributed by atoms with Crippen LogP contribution in [0.15, 0.2) is 33.6 Å².